The highest BCUT2D eigenvalue weighted by molar-refractivity contribution is 7.14. The molecule has 2 heterocycles. The van der Waals surface area contributed by atoms with Crippen LogP contribution in [0, 0.1) is 0 Å². The third kappa shape index (κ3) is 4.44. The number of carbonyl (C=O) groups excluding carboxylic acids is 1. The quantitative estimate of drug-likeness (QED) is 0.410. The Bertz CT molecular complexity index is 1210. The second kappa shape index (κ2) is 8.37. The van der Waals surface area contributed by atoms with E-state index >= 15 is 0 Å². The summed E-state index contributed by atoms with van der Waals surface area (Å²) in [6, 6.07) is 22.2. The molecule has 0 saturated carbocycles. The topological polar surface area (TPSA) is 81.7 Å². The molecule has 7 nitrogen and oxygen atoms in total. The molecule has 5 rings (SSSR count). The summed E-state index contributed by atoms with van der Waals surface area (Å²) in [6.07, 6.45) is 0. The van der Waals surface area contributed by atoms with Gasteiger partial charge in [-0.3, -0.25) is 4.79 Å². The maximum absolute atomic E-state index is 12.5. The van der Waals surface area contributed by atoms with Crippen molar-refractivity contribution in [3.8, 4) is 23.0 Å². The average molecular weight is 431 g/mol. The number of fused-ring (bicyclic) bond motifs is 1. The van der Waals surface area contributed by atoms with Crippen molar-refractivity contribution >= 4 is 33.8 Å². The van der Waals surface area contributed by atoms with Crippen molar-refractivity contribution in [2.24, 2.45) is 0 Å². The minimum atomic E-state index is -0.285. The number of para-hydroxylation sites is 1. The Hall–Kier alpha value is -4.04. The molecule has 0 atom stereocenters. The van der Waals surface area contributed by atoms with Crippen molar-refractivity contribution in [1.29, 1.82) is 0 Å². The number of aromatic nitrogens is 1. The van der Waals surface area contributed by atoms with E-state index in [1.807, 2.05) is 48.5 Å². The lowest BCUT2D eigenvalue weighted by molar-refractivity contribution is 0.102. The fraction of sp³-hybridized carbons (Fsp3) is 0.0435. The Kier molecular flexibility index (Phi) is 5.12. The number of benzene rings is 3. The van der Waals surface area contributed by atoms with Crippen LogP contribution >= 0.6 is 11.3 Å². The van der Waals surface area contributed by atoms with Crippen LogP contribution in [0.5, 0.6) is 23.0 Å². The van der Waals surface area contributed by atoms with E-state index in [0.29, 0.717) is 33.8 Å². The predicted octanol–water partition coefficient (Wildman–Crippen LogP) is 5.66. The molecule has 0 radical (unpaired) electrons. The van der Waals surface area contributed by atoms with Crippen molar-refractivity contribution in [2.45, 2.75) is 0 Å². The van der Waals surface area contributed by atoms with Crippen LogP contribution in [-0.2, 0) is 0 Å². The molecule has 154 valence electrons. The first kappa shape index (κ1) is 19.0. The number of nitrogens with one attached hydrogen (secondary N) is 2. The van der Waals surface area contributed by atoms with Crippen LogP contribution in [0.1, 0.15) is 10.5 Å². The summed E-state index contributed by atoms with van der Waals surface area (Å²) in [5, 5.41) is 8.34. The Morgan fingerprint density at radius 3 is 2.48 bits per heavy atom. The van der Waals surface area contributed by atoms with Crippen LogP contribution in [0.15, 0.2) is 78.2 Å². The predicted molar refractivity (Wildman–Crippen MR) is 119 cm³/mol. The van der Waals surface area contributed by atoms with E-state index in [1.54, 1.807) is 29.6 Å². The summed E-state index contributed by atoms with van der Waals surface area (Å²) in [5.41, 5.74) is 1.79. The zero-order valence-electron chi connectivity index (χ0n) is 16.2. The second-order valence-electron chi connectivity index (χ2n) is 6.62. The minimum Gasteiger partial charge on any atom is -0.457 e. The fourth-order valence-electron chi connectivity index (χ4n) is 2.96. The van der Waals surface area contributed by atoms with E-state index in [2.05, 4.69) is 15.6 Å². The summed E-state index contributed by atoms with van der Waals surface area (Å²) < 4.78 is 16.4. The summed E-state index contributed by atoms with van der Waals surface area (Å²) >= 11 is 1.35. The molecule has 1 aliphatic rings. The SMILES string of the molecule is O=C(Nc1ccc(Oc2ccccc2)cc1)c1csc(Nc2ccc3c(c2)OCO3)n1. The molecule has 1 amide bonds. The molecule has 1 aliphatic heterocycles. The minimum absolute atomic E-state index is 0.222. The lowest BCUT2D eigenvalue weighted by Gasteiger charge is -2.07. The number of ether oxygens (including phenoxy) is 3. The molecule has 1 aromatic heterocycles. The molecule has 0 unspecified atom stereocenters. The highest BCUT2D eigenvalue weighted by Gasteiger charge is 2.15. The lowest BCUT2D eigenvalue weighted by atomic mass is 10.3. The Morgan fingerprint density at radius 1 is 0.903 bits per heavy atom. The van der Waals surface area contributed by atoms with Gasteiger partial charge < -0.3 is 24.8 Å². The van der Waals surface area contributed by atoms with Gasteiger partial charge in [-0.1, -0.05) is 18.2 Å². The third-order valence-electron chi connectivity index (χ3n) is 4.45. The third-order valence-corrected chi connectivity index (χ3v) is 5.21. The first-order valence-corrected chi connectivity index (χ1v) is 10.4. The first-order valence-electron chi connectivity index (χ1n) is 9.49. The summed E-state index contributed by atoms with van der Waals surface area (Å²) in [6.45, 7) is 0.222. The van der Waals surface area contributed by atoms with E-state index in [9.17, 15) is 4.79 Å². The van der Waals surface area contributed by atoms with Crippen LogP contribution in [0.3, 0.4) is 0 Å². The van der Waals surface area contributed by atoms with Gasteiger partial charge >= 0.3 is 0 Å². The molecule has 0 aliphatic carbocycles. The van der Waals surface area contributed by atoms with Crippen molar-refractivity contribution in [1.82, 2.24) is 4.98 Å². The number of anilines is 3. The monoisotopic (exact) mass is 431 g/mol. The van der Waals surface area contributed by atoms with Gasteiger partial charge in [0.2, 0.25) is 6.79 Å². The fourth-order valence-corrected chi connectivity index (χ4v) is 3.67. The molecule has 3 aromatic carbocycles. The Balaban J connectivity index is 1.20. The smallest absolute Gasteiger partial charge is 0.275 e. The van der Waals surface area contributed by atoms with E-state index in [-0.39, 0.29) is 12.7 Å². The van der Waals surface area contributed by atoms with E-state index in [4.69, 9.17) is 14.2 Å². The zero-order chi connectivity index (χ0) is 21.0. The van der Waals surface area contributed by atoms with E-state index in [1.165, 1.54) is 11.3 Å². The summed E-state index contributed by atoms with van der Waals surface area (Å²) in [5.74, 6) is 2.55. The molecule has 0 bridgehead atoms. The number of nitrogens with zero attached hydrogens (tertiary/aromatic N) is 1. The highest BCUT2D eigenvalue weighted by Crippen LogP contribution is 2.35. The Morgan fingerprint density at radius 2 is 1.65 bits per heavy atom. The maximum atomic E-state index is 12.5. The van der Waals surface area contributed by atoms with Gasteiger partial charge in [0.1, 0.15) is 17.2 Å². The van der Waals surface area contributed by atoms with Crippen LogP contribution in [0.2, 0.25) is 0 Å². The number of carbonyl (C=O) groups is 1. The molecular formula is C23H17N3O4S. The van der Waals surface area contributed by atoms with Crippen LogP contribution in [-0.4, -0.2) is 17.7 Å². The van der Waals surface area contributed by atoms with Gasteiger partial charge in [-0.2, -0.15) is 0 Å². The molecule has 2 N–H and O–H groups in total. The van der Waals surface area contributed by atoms with Gasteiger partial charge in [-0.15, -0.1) is 11.3 Å². The van der Waals surface area contributed by atoms with Crippen molar-refractivity contribution < 1.29 is 19.0 Å². The van der Waals surface area contributed by atoms with Crippen LogP contribution < -0.4 is 24.8 Å². The van der Waals surface area contributed by atoms with E-state index in [0.717, 1.165) is 11.4 Å². The molecule has 4 aromatic rings. The van der Waals surface area contributed by atoms with Crippen molar-refractivity contribution in [3.05, 3.63) is 83.9 Å². The average Bonchev–Trinajstić information content (AvgIpc) is 3.45. The largest absolute Gasteiger partial charge is 0.457 e. The molecular weight excluding hydrogens is 414 g/mol. The molecule has 8 heteroatoms. The summed E-state index contributed by atoms with van der Waals surface area (Å²) in [4.78, 5) is 16.9. The zero-order valence-corrected chi connectivity index (χ0v) is 17.0. The standard InChI is InChI=1S/C23H17N3O4S/c27-22(24-15-6-9-18(10-7-15)30-17-4-2-1-3-5-17)19-13-31-23(26-19)25-16-8-11-20-21(12-16)29-14-28-20/h1-13H,14H2,(H,24,27)(H,25,26). The first-order chi connectivity index (χ1) is 15.2. The van der Waals surface area contributed by atoms with Crippen molar-refractivity contribution in [3.63, 3.8) is 0 Å². The van der Waals surface area contributed by atoms with Gasteiger partial charge in [-0.05, 0) is 48.5 Å². The van der Waals surface area contributed by atoms with Crippen LogP contribution in [0.25, 0.3) is 0 Å². The van der Waals surface area contributed by atoms with Gasteiger partial charge in [-0.25, -0.2) is 4.98 Å². The number of thiazole rings is 1. The van der Waals surface area contributed by atoms with Gasteiger partial charge in [0.15, 0.2) is 16.6 Å². The molecule has 0 saturated heterocycles. The second-order valence-corrected chi connectivity index (χ2v) is 7.48. The van der Waals surface area contributed by atoms with Crippen molar-refractivity contribution in [2.75, 3.05) is 17.4 Å². The normalized spacial score (nSPS) is 11.7. The van der Waals surface area contributed by atoms with Crippen LogP contribution in [0.4, 0.5) is 16.5 Å². The highest BCUT2D eigenvalue weighted by atomic mass is 32.1. The molecule has 0 fully saturated rings. The number of amides is 1. The molecule has 31 heavy (non-hydrogen) atoms. The van der Waals surface area contributed by atoms with Gasteiger partial charge in [0.05, 0.1) is 0 Å². The molecule has 0 spiro atoms. The van der Waals surface area contributed by atoms with Gasteiger partial charge in [0.25, 0.3) is 5.91 Å². The lowest BCUT2D eigenvalue weighted by Crippen LogP contribution is -2.12. The summed E-state index contributed by atoms with van der Waals surface area (Å²) in [7, 11) is 0. The van der Waals surface area contributed by atoms with E-state index < -0.39 is 0 Å². The van der Waals surface area contributed by atoms with Gasteiger partial charge in [0, 0.05) is 22.8 Å². The maximum Gasteiger partial charge on any atom is 0.275 e. The number of hydrogen-bond donors (Lipinski definition) is 2. The number of rotatable bonds is 6. The Labute approximate surface area is 182 Å². The number of hydrogen-bond acceptors (Lipinski definition) is 7.